The molecule has 0 spiro atoms. The topological polar surface area (TPSA) is 66.9 Å². The number of rotatable bonds is 2. The molecule has 2 amide bonds. The number of hydrogen-bond acceptors (Lipinski definition) is 6. The molecule has 0 bridgehead atoms. The summed E-state index contributed by atoms with van der Waals surface area (Å²) >= 11 is 6.48. The lowest BCUT2D eigenvalue weighted by Gasteiger charge is -2.38. The van der Waals surface area contributed by atoms with Crippen LogP contribution < -0.4 is 9.64 Å². The van der Waals surface area contributed by atoms with Crippen molar-refractivity contribution in [3.8, 4) is 5.75 Å². The molecule has 1 saturated heterocycles. The fraction of sp³-hybridized carbons (Fsp3) is 0.333. The minimum atomic E-state index is -0.564. The molecule has 1 aromatic carbocycles. The van der Waals surface area contributed by atoms with E-state index >= 15 is 0 Å². The highest BCUT2D eigenvalue weighted by molar-refractivity contribution is 8.26. The Hall–Kier alpha value is -2.45. The molecule has 3 aliphatic heterocycles. The van der Waals surface area contributed by atoms with Crippen LogP contribution in [0.1, 0.15) is 45.7 Å². The van der Waals surface area contributed by atoms with Crippen molar-refractivity contribution in [1.29, 1.82) is 0 Å². The second kappa shape index (κ2) is 6.53. The Morgan fingerprint density at radius 3 is 2.45 bits per heavy atom. The van der Waals surface area contributed by atoms with Crippen LogP contribution >= 0.6 is 24.0 Å². The number of ether oxygens (including phenoxy) is 1. The van der Waals surface area contributed by atoms with Crippen LogP contribution in [0.25, 0.3) is 11.1 Å². The normalized spacial score (nSPS) is 22.2. The van der Waals surface area contributed by atoms with E-state index in [1.807, 2.05) is 33.8 Å². The van der Waals surface area contributed by atoms with Crippen LogP contribution in [-0.2, 0) is 14.4 Å². The molecular formula is C21H20N2O4S2. The average molecular weight is 429 g/mol. The third-order valence-corrected chi connectivity index (χ3v) is 6.67. The molecule has 4 rings (SSSR count). The van der Waals surface area contributed by atoms with Gasteiger partial charge in [0.2, 0.25) is 0 Å². The summed E-state index contributed by atoms with van der Waals surface area (Å²) in [7, 11) is 0. The number of anilines is 1. The van der Waals surface area contributed by atoms with Crippen molar-refractivity contribution < 1.29 is 19.1 Å². The van der Waals surface area contributed by atoms with Gasteiger partial charge in [-0.15, -0.1) is 0 Å². The van der Waals surface area contributed by atoms with Crippen LogP contribution in [0.4, 0.5) is 5.69 Å². The highest BCUT2D eigenvalue weighted by Gasteiger charge is 2.48. The Labute approximate surface area is 178 Å². The molecule has 0 atom stereocenters. The Kier molecular flexibility index (Phi) is 4.47. The number of amides is 2. The number of carbonyl (C=O) groups is 3. The maximum absolute atomic E-state index is 13.6. The predicted molar refractivity (Wildman–Crippen MR) is 117 cm³/mol. The number of thioether (sulfide) groups is 1. The number of thiocarbonyl (C=S) groups is 1. The molecule has 0 aromatic heterocycles. The zero-order valence-electron chi connectivity index (χ0n) is 16.8. The van der Waals surface area contributed by atoms with Gasteiger partial charge in [-0.1, -0.05) is 30.1 Å². The van der Waals surface area contributed by atoms with Crippen molar-refractivity contribution in [1.82, 2.24) is 4.90 Å². The molecule has 3 aliphatic rings. The quantitative estimate of drug-likeness (QED) is 0.309. The number of carbonyl (C=O) groups excluding carboxylic acids is 3. The molecule has 1 aromatic rings. The van der Waals surface area contributed by atoms with Gasteiger partial charge in [-0.25, -0.2) is 0 Å². The van der Waals surface area contributed by atoms with Crippen molar-refractivity contribution in [2.24, 2.45) is 0 Å². The summed E-state index contributed by atoms with van der Waals surface area (Å²) in [5.41, 5.74) is 2.89. The van der Waals surface area contributed by atoms with Crippen molar-refractivity contribution in [3.63, 3.8) is 0 Å². The van der Waals surface area contributed by atoms with Crippen LogP contribution in [0.5, 0.6) is 5.75 Å². The van der Waals surface area contributed by atoms with E-state index in [1.54, 1.807) is 17.0 Å². The molecule has 0 unspecified atom stereocenters. The Bertz CT molecular complexity index is 1080. The molecule has 3 heterocycles. The molecule has 0 saturated carbocycles. The molecule has 0 radical (unpaired) electrons. The van der Waals surface area contributed by atoms with Gasteiger partial charge in [0.1, 0.15) is 10.1 Å². The van der Waals surface area contributed by atoms with Gasteiger partial charge in [-0.3, -0.25) is 24.2 Å². The second-order valence-electron chi connectivity index (χ2n) is 7.70. The van der Waals surface area contributed by atoms with Crippen molar-refractivity contribution in [3.05, 3.63) is 34.2 Å². The van der Waals surface area contributed by atoms with Gasteiger partial charge >= 0.3 is 5.97 Å². The lowest BCUT2D eigenvalue weighted by Crippen LogP contribution is -2.46. The maximum atomic E-state index is 13.6. The maximum Gasteiger partial charge on any atom is 0.308 e. The number of esters is 1. The first kappa shape index (κ1) is 19.8. The highest BCUT2D eigenvalue weighted by atomic mass is 32.2. The van der Waals surface area contributed by atoms with E-state index in [9.17, 15) is 14.4 Å². The number of hydrogen-bond donors (Lipinski definition) is 0. The van der Waals surface area contributed by atoms with Gasteiger partial charge in [0.15, 0.2) is 0 Å². The molecule has 150 valence electrons. The van der Waals surface area contributed by atoms with Gasteiger partial charge in [0.25, 0.3) is 11.8 Å². The first-order valence-corrected chi connectivity index (χ1v) is 10.5. The molecule has 8 heteroatoms. The number of likely N-dealkylation sites (N-methyl/N-ethyl adjacent to an activating group) is 1. The van der Waals surface area contributed by atoms with Gasteiger partial charge in [0, 0.05) is 24.6 Å². The minimum absolute atomic E-state index is 0.244. The lowest BCUT2D eigenvalue weighted by atomic mass is 9.89. The van der Waals surface area contributed by atoms with E-state index in [0.717, 1.165) is 28.6 Å². The lowest BCUT2D eigenvalue weighted by molar-refractivity contribution is -0.132. The summed E-state index contributed by atoms with van der Waals surface area (Å²) in [6.45, 7) is 9.50. The summed E-state index contributed by atoms with van der Waals surface area (Å²) in [4.78, 5) is 41.6. The van der Waals surface area contributed by atoms with Gasteiger partial charge < -0.3 is 4.74 Å². The summed E-state index contributed by atoms with van der Waals surface area (Å²) in [5, 5.41) is 0. The Morgan fingerprint density at radius 2 is 1.86 bits per heavy atom. The first-order valence-electron chi connectivity index (χ1n) is 9.26. The van der Waals surface area contributed by atoms with E-state index in [1.165, 1.54) is 11.8 Å². The largest absolute Gasteiger partial charge is 0.427 e. The van der Waals surface area contributed by atoms with E-state index in [4.69, 9.17) is 17.0 Å². The zero-order valence-corrected chi connectivity index (χ0v) is 18.4. The SMILES string of the molecule is CCN1C(=O)/C(=C2\C(=O)N3c4c(cc(OC(C)=O)cc42)C(C)=CC3(C)C)SC1=S. The average Bonchev–Trinajstić information content (AvgIpc) is 3.05. The van der Waals surface area contributed by atoms with E-state index in [2.05, 4.69) is 0 Å². The van der Waals surface area contributed by atoms with Crippen LogP contribution in [0.2, 0.25) is 0 Å². The minimum Gasteiger partial charge on any atom is -0.427 e. The Balaban J connectivity index is 2.03. The van der Waals surface area contributed by atoms with Crippen LogP contribution in [0.3, 0.4) is 0 Å². The van der Waals surface area contributed by atoms with E-state index < -0.39 is 11.5 Å². The molecule has 1 fully saturated rings. The number of benzene rings is 1. The van der Waals surface area contributed by atoms with Crippen LogP contribution in [-0.4, -0.2) is 39.1 Å². The molecular weight excluding hydrogens is 408 g/mol. The summed E-state index contributed by atoms with van der Waals surface area (Å²) in [5.74, 6) is -0.613. The van der Waals surface area contributed by atoms with Crippen molar-refractivity contribution in [2.45, 2.75) is 40.2 Å². The molecule has 29 heavy (non-hydrogen) atoms. The zero-order chi connectivity index (χ0) is 21.2. The van der Waals surface area contributed by atoms with Crippen LogP contribution in [0, 0.1) is 0 Å². The molecule has 6 nitrogen and oxygen atoms in total. The first-order chi connectivity index (χ1) is 13.6. The second-order valence-corrected chi connectivity index (χ2v) is 9.35. The monoisotopic (exact) mass is 428 g/mol. The summed E-state index contributed by atoms with van der Waals surface area (Å²) < 4.78 is 5.77. The van der Waals surface area contributed by atoms with E-state index in [-0.39, 0.29) is 11.8 Å². The van der Waals surface area contributed by atoms with Crippen LogP contribution in [0.15, 0.2) is 23.1 Å². The standard InChI is InChI=1S/C21H20N2O4S2/c1-6-22-19(26)17(29-20(22)28)15-14-8-12(27-11(3)24)7-13-10(2)9-21(4,5)23(16(13)14)18(15)25/h7-9H,6H2,1-5H3/b17-15+. The van der Waals surface area contributed by atoms with E-state index in [0.29, 0.717) is 32.7 Å². The van der Waals surface area contributed by atoms with Gasteiger partial charge in [-0.05, 0) is 45.4 Å². The third kappa shape index (κ3) is 2.85. The smallest absolute Gasteiger partial charge is 0.308 e. The van der Waals surface area contributed by atoms with Gasteiger partial charge in [0.05, 0.1) is 21.7 Å². The van der Waals surface area contributed by atoms with Crippen molar-refractivity contribution >= 4 is 62.9 Å². The highest BCUT2D eigenvalue weighted by Crippen LogP contribution is 2.53. The summed E-state index contributed by atoms with van der Waals surface area (Å²) in [6.07, 6.45) is 2.01. The van der Waals surface area contributed by atoms with Crippen molar-refractivity contribution in [2.75, 3.05) is 11.4 Å². The molecule has 0 N–H and O–H groups in total. The predicted octanol–water partition coefficient (Wildman–Crippen LogP) is 3.75. The fourth-order valence-corrected chi connectivity index (χ4v) is 5.61. The summed E-state index contributed by atoms with van der Waals surface area (Å²) in [6, 6.07) is 3.43. The third-order valence-electron chi connectivity index (χ3n) is 5.22. The Morgan fingerprint density at radius 1 is 1.21 bits per heavy atom. The number of allylic oxidation sites excluding steroid dienone is 1. The molecule has 0 aliphatic carbocycles. The number of nitrogens with zero attached hydrogens (tertiary/aromatic N) is 2. The van der Waals surface area contributed by atoms with Gasteiger partial charge in [-0.2, -0.15) is 0 Å². The fourth-order valence-electron chi connectivity index (χ4n) is 4.16.